The minimum absolute atomic E-state index is 0.0781. The third-order valence-corrected chi connectivity index (χ3v) is 4.76. The predicted octanol–water partition coefficient (Wildman–Crippen LogP) is 4.24. The van der Waals surface area contributed by atoms with Crippen molar-refractivity contribution in [2.24, 2.45) is 0 Å². The van der Waals surface area contributed by atoms with Gasteiger partial charge in [-0.25, -0.2) is 4.79 Å². The van der Waals surface area contributed by atoms with Crippen LogP contribution in [0.5, 0.6) is 0 Å². The van der Waals surface area contributed by atoms with Crippen LogP contribution in [-0.2, 0) is 0 Å². The normalized spacial score (nSPS) is 16.8. The first-order valence-corrected chi connectivity index (χ1v) is 8.83. The van der Waals surface area contributed by atoms with E-state index in [1.807, 2.05) is 52.9 Å². The highest BCUT2D eigenvalue weighted by Crippen LogP contribution is 2.25. The predicted molar refractivity (Wildman–Crippen MR) is 100 cm³/mol. The molecule has 1 aliphatic rings. The van der Waals surface area contributed by atoms with Gasteiger partial charge >= 0.3 is 6.03 Å². The summed E-state index contributed by atoms with van der Waals surface area (Å²) in [6.07, 6.45) is 2.56. The molecule has 0 unspecified atom stereocenters. The van der Waals surface area contributed by atoms with E-state index in [-0.39, 0.29) is 12.1 Å². The molecule has 1 aliphatic heterocycles. The molecule has 1 N–H and O–H groups in total. The highest BCUT2D eigenvalue weighted by molar-refractivity contribution is 5.90. The van der Waals surface area contributed by atoms with Crippen molar-refractivity contribution in [3.63, 3.8) is 0 Å². The van der Waals surface area contributed by atoms with Crippen molar-refractivity contribution in [1.29, 1.82) is 0 Å². The number of likely N-dealkylation sites (tertiary alicyclic amines) is 1. The van der Waals surface area contributed by atoms with Crippen molar-refractivity contribution >= 4 is 11.7 Å². The second-order valence-corrected chi connectivity index (χ2v) is 6.75. The molecule has 4 rings (SSSR count). The lowest BCUT2D eigenvalue weighted by Crippen LogP contribution is -2.33. The standard InChI is InChI=1S/C20H22N4O2/c1-14-11-15(2)24(22-14)18-8-9-23(13-18)20(25)21-17-6-3-5-16(12-17)19-7-4-10-26-19/h3-7,10-12,18H,8-9,13H2,1-2H3,(H,21,25)/t18-/m1/s1. The van der Waals surface area contributed by atoms with Gasteiger partial charge in [-0.3, -0.25) is 4.68 Å². The van der Waals surface area contributed by atoms with Crippen LogP contribution in [-0.4, -0.2) is 33.8 Å². The number of amides is 2. The number of nitrogens with zero attached hydrogens (tertiary/aromatic N) is 3. The molecular weight excluding hydrogens is 328 g/mol. The molecule has 0 bridgehead atoms. The van der Waals surface area contributed by atoms with Crippen LogP contribution in [0.1, 0.15) is 23.9 Å². The SMILES string of the molecule is Cc1cc(C)n([C@@H]2CCN(C(=O)Nc3cccc(-c4ccco4)c3)C2)n1. The van der Waals surface area contributed by atoms with E-state index in [0.717, 1.165) is 41.4 Å². The molecule has 3 heterocycles. The molecule has 1 aromatic carbocycles. The molecule has 0 saturated carbocycles. The van der Waals surface area contributed by atoms with Gasteiger partial charge in [-0.1, -0.05) is 12.1 Å². The summed E-state index contributed by atoms with van der Waals surface area (Å²) in [4.78, 5) is 14.5. The Labute approximate surface area is 152 Å². The Bertz CT molecular complexity index is 914. The molecular formula is C20H22N4O2. The van der Waals surface area contributed by atoms with E-state index < -0.39 is 0 Å². The second kappa shape index (κ2) is 6.71. The number of nitrogens with one attached hydrogen (secondary N) is 1. The van der Waals surface area contributed by atoms with Gasteiger partial charge in [-0.05, 0) is 50.6 Å². The second-order valence-electron chi connectivity index (χ2n) is 6.75. The smallest absolute Gasteiger partial charge is 0.321 e. The summed E-state index contributed by atoms with van der Waals surface area (Å²) in [5.41, 5.74) is 3.86. The molecule has 134 valence electrons. The van der Waals surface area contributed by atoms with Crippen molar-refractivity contribution in [3.8, 4) is 11.3 Å². The monoisotopic (exact) mass is 350 g/mol. The number of aromatic nitrogens is 2. The van der Waals surface area contributed by atoms with Crippen molar-refractivity contribution in [1.82, 2.24) is 14.7 Å². The van der Waals surface area contributed by atoms with E-state index in [9.17, 15) is 4.79 Å². The van der Waals surface area contributed by atoms with Crippen molar-refractivity contribution in [2.75, 3.05) is 18.4 Å². The molecule has 0 aliphatic carbocycles. The first-order chi connectivity index (χ1) is 12.6. The molecule has 1 saturated heterocycles. The number of hydrogen-bond donors (Lipinski definition) is 1. The molecule has 2 aromatic heterocycles. The minimum Gasteiger partial charge on any atom is -0.464 e. The minimum atomic E-state index is -0.0781. The maximum atomic E-state index is 12.6. The van der Waals surface area contributed by atoms with Gasteiger partial charge in [0.2, 0.25) is 0 Å². The largest absolute Gasteiger partial charge is 0.464 e. The molecule has 26 heavy (non-hydrogen) atoms. The molecule has 1 fully saturated rings. The first-order valence-electron chi connectivity index (χ1n) is 8.83. The number of furan rings is 1. The number of aryl methyl sites for hydroxylation is 2. The van der Waals surface area contributed by atoms with Gasteiger partial charge in [-0.15, -0.1) is 0 Å². The lowest BCUT2D eigenvalue weighted by atomic mass is 10.1. The van der Waals surface area contributed by atoms with Crippen LogP contribution in [0.2, 0.25) is 0 Å². The Morgan fingerprint density at radius 1 is 1.23 bits per heavy atom. The van der Waals surface area contributed by atoms with Crippen LogP contribution in [0.4, 0.5) is 10.5 Å². The molecule has 0 spiro atoms. The Kier molecular flexibility index (Phi) is 4.24. The number of benzene rings is 1. The van der Waals surface area contributed by atoms with E-state index in [0.29, 0.717) is 6.54 Å². The van der Waals surface area contributed by atoms with E-state index in [4.69, 9.17) is 4.42 Å². The lowest BCUT2D eigenvalue weighted by Gasteiger charge is -2.18. The number of carbonyl (C=O) groups is 1. The summed E-state index contributed by atoms with van der Waals surface area (Å²) < 4.78 is 7.46. The van der Waals surface area contributed by atoms with E-state index in [1.165, 1.54) is 0 Å². The summed E-state index contributed by atoms with van der Waals surface area (Å²) in [6.45, 7) is 5.45. The number of rotatable bonds is 3. The summed E-state index contributed by atoms with van der Waals surface area (Å²) >= 11 is 0. The average Bonchev–Trinajstić information content (AvgIpc) is 3.35. The van der Waals surface area contributed by atoms with Crippen LogP contribution in [0.15, 0.2) is 53.1 Å². The number of hydrogen-bond acceptors (Lipinski definition) is 3. The Hall–Kier alpha value is -3.02. The highest BCUT2D eigenvalue weighted by Gasteiger charge is 2.28. The third kappa shape index (κ3) is 3.22. The number of carbonyl (C=O) groups excluding carboxylic acids is 1. The zero-order chi connectivity index (χ0) is 18.1. The van der Waals surface area contributed by atoms with Gasteiger partial charge in [0.1, 0.15) is 5.76 Å². The van der Waals surface area contributed by atoms with Gasteiger partial charge in [0.05, 0.1) is 18.0 Å². The summed E-state index contributed by atoms with van der Waals surface area (Å²) in [7, 11) is 0. The molecule has 0 radical (unpaired) electrons. The van der Waals surface area contributed by atoms with Crippen molar-refractivity contribution < 1.29 is 9.21 Å². The fraction of sp³-hybridized carbons (Fsp3) is 0.300. The molecule has 3 aromatic rings. The zero-order valence-corrected chi connectivity index (χ0v) is 15.0. The molecule has 2 amide bonds. The lowest BCUT2D eigenvalue weighted by molar-refractivity contribution is 0.220. The summed E-state index contributed by atoms with van der Waals surface area (Å²) in [6, 6.07) is 13.7. The van der Waals surface area contributed by atoms with Gasteiger partial charge in [0.25, 0.3) is 0 Å². The summed E-state index contributed by atoms with van der Waals surface area (Å²) in [5, 5.41) is 7.55. The van der Waals surface area contributed by atoms with Crippen molar-refractivity contribution in [2.45, 2.75) is 26.3 Å². The highest BCUT2D eigenvalue weighted by atomic mass is 16.3. The Morgan fingerprint density at radius 3 is 2.85 bits per heavy atom. The molecule has 6 heteroatoms. The fourth-order valence-corrected chi connectivity index (χ4v) is 3.54. The molecule has 1 atom stereocenters. The van der Waals surface area contributed by atoms with Crippen LogP contribution in [0, 0.1) is 13.8 Å². The number of urea groups is 1. The van der Waals surface area contributed by atoms with E-state index in [1.54, 1.807) is 6.26 Å². The first kappa shape index (κ1) is 16.4. The number of anilines is 1. The van der Waals surface area contributed by atoms with Gasteiger partial charge in [0, 0.05) is 30.0 Å². The maximum Gasteiger partial charge on any atom is 0.321 e. The van der Waals surface area contributed by atoms with Gasteiger partial charge in [0.15, 0.2) is 0 Å². The molecule has 6 nitrogen and oxygen atoms in total. The topological polar surface area (TPSA) is 63.3 Å². The fourth-order valence-electron chi connectivity index (χ4n) is 3.54. The van der Waals surface area contributed by atoms with Crippen LogP contribution >= 0.6 is 0 Å². The Balaban J connectivity index is 1.43. The van der Waals surface area contributed by atoms with Crippen LogP contribution < -0.4 is 5.32 Å². The summed E-state index contributed by atoms with van der Waals surface area (Å²) in [5.74, 6) is 0.784. The average molecular weight is 350 g/mol. The van der Waals surface area contributed by atoms with Crippen LogP contribution in [0.3, 0.4) is 0 Å². The van der Waals surface area contributed by atoms with Gasteiger partial charge in [-0.2, -0.15) is 5.10 Å². The third-order valence-electron chi connectivity index (χ3n) is 4.76. The zero-order valence-electron chi connectivity index (χ0n) is 15.0. The maximum absolute atomic E-state index is 12.6. The van der Waals surface area contributed by atoms with Crippen molar-refractivity contribution in [3.05, 3.63) is 60.1 Å². The van der Waals surface area contributed by atoms with Gasteiger partial charge < -0.3 is 14.6 Å². The van der Waals surface area contributed by atoms with Crippen LogP contribution in [0.25, 0.3) is 11.3 Å². The van der Waals surface area contributed by atoms with E-state index in [2.05, 4.69) is 23.4 Å². The van der Waals surface area contributed by atoms with E-state index >= 15 is 0 Å². The Morgan fingerprint density at radius 2 is 2.12 bits per heavy atom. The quantitative estimate of drug-likeness (QED) is 0.768.